The molecule has 92 valence electrons. The van der Waals surface area contributed by atoms with Gasteiger partial charge in [-0.25, -0.2) is 4.39 Å². The van der Waals surface area contributed by atoms with Gasteiger partial charge in [-0.2, -0.15) is 0 Å². The van der Waals surface area contributed by atoms with Crippen molar-refractivity contribution in [1.82, 2.24) is 4.90 Å². The van der Waals surface area contributed by atoms with Crippen LogP contribution in [0.2, 0.25) is 0 Å². The molecule has 0 radical (unpaired) electrons. The molecule has 1 aliphatic heterocycles. The quantitative estimate of drug-likeness (QED) is 0.809. The van der Waals surface area contributed by atoms with Gasteiger partial charge < -0.3 is 15.1 Å². The van der Waals surface area contributed by atoms with Gasteiger partial charge in [0.25, 0.3) is 5.91 Å². The first-order chi connectivity index (χ1) is 8.13. The average molecular weight is 239 g/mol. The van der Waals surface area contributed by atoms with Crippen molar-refractivity contribution in [2.24, 2.45) is 5.92 Å². The van der Waals surface area contributed by atoms with Crippen molar-refractivity contribution in [3.63, 3.8) is 0 Å². The molecule has 1 aliphatic rings. The molecule has 0 saturated carbocycles. The van der Waals surface area contributed by atoms with Crippen LogP contribution < -0.4 is 0 Å². The first-order valence-electron chi connectivity index (χ1n) is 5.51. The molecule has 1 aromatic carbocycles. The fourth-order valence-electron chi connectivity index (χ4n) is 2.05. The Balaban J connectivity index is 2.21. The number of phenols is 1. The minimum absolute atomic E-state index is 0.0209. The SMILES string of the molecule is O=C(c1c(O)cccc1F)N1CCC(CO)C1. The molecular weight excluding hydrogens is 225 g/mol. The summed E-state index contributed by atoms with van der Waals surface area (Å²) in [6.45, 7) is 0.911. The molecule has 0 spiro atoms. The third kappa shape index (κ3) is 2.24. The van der Waals surface area contributed by atoms with Crippen molar-refractivity contribution in [1.29, 1.82) is 0 Å². The zero-order valence-corrected chi connectivity index (χ0v) is 9.27. The van der Waals surface area contributed by atoms with E-state index in [9.17, 15) is 14.3 Å². The second kappa shape index (κ2) is 4.71. The van der Waals surface area contributed by atoms with Gasteiger partial charge >= 0.3 is 0 Å². The Labute approximate surface area is 98.3 Å². The maximum Gasteiger partial charge on any atom is 0.260 e. The lowest BCUT2D eigenvalue weighted by Crippen LogP contribution is -2.29. The topological polar surface area (TPSA) is 60.8 Å². The molecule has 1 heterocycles. The largest absolute Gasteiger partial charge is 0.507 e. The lowest BCUT2D eigenvalue weighted by Gasteiger charge is -2.17. The molecule has 17 heavy (non-hydrogen) atoms. The van der Waals surface area contributed by atoms with Crippen LogP contribution in [-0.4, -0.2) is 40.7 Å². The van der Waals surface area contributed by atoms with Crippen molar-refractivity contribution < 1.29 is 19.4 Å². The minimum atomic E-state index is -0.720. The zero-order valence-electron chi connectivity index (χ0n) is 9.27. The standard InChI is InChI=1S/C12H14FNO3/c13-9-2-1-3-10(16)11(9)12(17)14-5-4-8(6-14)7-15/h1-3,8,15-16H,4-7H2. The monoisotopic (exact) mass is 239 g/mol. The summed E-state index contributed by atoms with van der Waals surface area (Å²) in [5.74, 6) is -1.53. The second-order valence-electron chi connectivity index (χ2n) is 4.22. The van der Waals surface area contributed by atoms with E-state index in [1.54, 1.807) is 0 Å². The number of amides is 1. The Kier molecular flexibility index (Phi) is 3.28. The molecule has 1 aromatic rings. The van der Waals surface area contributed by atoms with Crippen LogP contribution in [0, 0.1) is 11.7 Å². The Morgan fingerprint density at radius 3 is 2.88 bits per heavy atom. The van der Waals surface area contributed by atoms with Crippen molar-refractivity contribution in [2.45, 2.75) is 6.42 Å². The number of carbonyl (C=O) groups excluding carboxylic acids is 1. The van der Waals surface area contributed by atoms with Crippen molar-refractivity contribution in [3.8, 4) is 5.75 Å². The maximum atomic E-state index is 13.5. The Hall–Kier alpha value is -1.62. The number of hydrogen-bond acceptors (Lipinski definition) is 3. The smallest absolute Gasteiger partial charge is 0.260 e. The van der Waals surface area contributed by atoms with Crippen molar-refractivity contribution >= 4 is 5.91 Å². The van der Waals surface area contributed by atoms with E-state index in [0.717, 1.165) is 6.07 Å². The van der Waals surface area contributed by atoms with Gasteiger partial charge in [-0.1, -0.05) is 6.07 Å². The molecule has 0 bridgehead atoms. The number of likely N-dealkylation sites (tertiary alicyclic amines) is 1. The van der Waals surface area contributed by atoms with Gasteiger partial charge in [-0.15, -0.1) is 0 Å². The van der Waals surface area contributed by atoms with E-state index in [2.05, 4.69) is 0 Å². The van der Waals surface area contributed by atoms with Crippen LogP contribution in [-0.2, 0) is 0 Å². The number of hydrogen-bond donors (Lipinski definition) is 2. The third-order valence-electron chi connectivity index (χ3n) is 3.04. The molecule has 1 saturated heterocycles. The zero-order chi connectivity index (χ0) is 12.4. The number of phenolic OH excluding ortho intramolecular Hbond substituents is 1. The van der Waals surface area contributed by atoms with Crippen LogP contribution in [0.15, 0.2) is 18.2 Å². The van der Waals surface area contributed by atoms with E-state index in [4.69, 9.17) is 5.11 Å². The van der Waals surface area contributed by atoms with Crippen LogP contribution in [0.4, 0.5) is 4.39 Å². The van der Waals surface area contributed by atoms with Gasteiger partial charge in [0.05, 0.1) is 0 Å². The summed E-state index contributed by atoms with van der Waals surface area (Å²) in [6, 6.07) is 3.78. The lowest BCUT2D eigenvalue weighted by atomic mass is 10.1. The second-order valence-corrected chi connectivity index (χ2v) is 4.22. The molecule has 4 nitrogen and oxygen atoms in total. The Bertz CT molecular complexity index is 416. The highest BCUT2D eigenvalue weighted by atomic mass is 19.1. The highest BCUT2D eigenvalue weighted by molar-refractivity contribution is 5.97. The fraction of sp³-hybridized carbons (Fsp3) is 0.417. The highest BCUT2D eigenvalue weighted by Gasteiger charge is 2.29. The normalized spacial score (nSPS) is 19.6. The van der Waals surface area contributed by atoms with Gasteiger partial charge in [-0.3, -0.25) is 4.79 Å². The Morgan fingerprint density at radius 1 is 1.53 bits per heavy atom. The average Bonchev–Trinajstić information content (AvgIpc) is 2.77. The first kappa shape index (κ1) is 11.9. The number of benzene rings is 1. The number of carbonyl (C=O) groups is 1. The molecule has 2 N–H and O–H groups in total. The molecule has 0 aliphatic carbocycles. The van der Waals surface area contributed by atoms with E-state index in [1.807, 2.05) is 0 Å². The molecule has 1 fully saturated rings. The van der Waals surface area contributed by atoms with Crippen molar-refractivity contribution in [2.75, 3.05) is 19.7 Å². The van der Waals surface area contributed by atoms with Crippen LogP contribution >= 0.6 is 0 Å². The molecule has 1 unspecified atom stereocenters. The van der Waals surface area contributed by atoms with E-state index >= 15 is 0 Å². The van der Waals surface area contributed by atoms with Gasteiger partial charge in [0, 0.05) is 25.6 Å². The summed E-state index contributed by atoms with van der Waals surface area (Å²) in [6.07, 6.45) is 0.706. The molecule has 5 heteroatoms. The van der Waals surface area contributed by atoms with E-state index in [0.29, 0.717) is 19.5 Å². The minimum Gasteiger partial charge on any atom is -0.507 e. The molecular formula is C12H14FNO3. The number of aromatic hydroxyl groups is 1. The molecule has 1 atom stereocenters. The lowest BCUT2D eigenvalue weighted by molar-refractivity contribution is 0.0774. The predicted molar refractivity (Wildman–Crippen MR) is 59.2 cm³/mol. The van der Waals surface area contributed by atoms with Crippen LogP contribution in [0.3, 0.4) is 0 Å². The summed E-state index contributed by atoms with van der Waals surface area (Å²) in [5, 5.41) is 18.5. The molecule has 0 aromatic heterocycles. The molecule has 1 amide bonds. The summed E-state index contributed by atoms with van der Waals surface area (Å²) < 4.78 is 13.5. The number of halogens is 1. The van der Waals surface area contributed by atoms with Gasteiger partial charge in [0.2, 0.25) is 0 Å². The number of aliphatic hydroxyl groups excluding tert-OH is 1. The number of nitrogens with zero attached hydrogens (tertiary/aromatic N) is 1. The summed E-state index contributed by atoms with van der Waals surface area (Å²) in [4.78, 5) is 13.5. The van der Waals surface area contributed by atoms with E-state index in [-0.39, 0.29) is 23.8 Å². The van der Waals surface area contributed by atoms with Gasteiger partial charge in [-0.05, 0) is 18.6 Å². The van der Waals surface area contributed by atoms with E-state index < -0.39 is 11.7 Å². The fourth-order valence-corrected chi connectivity index (χ4v) is 2.05. The summed E-state index contributed by atoms with van der Waals surface area (Å²) in [5.41, 5.74) is -0.286. The van der Waals surface area contributed by atoms with Gasteiger partial charge in [0.15, 0.2) is 0 Å². The number of rotatable bonds is 2. The molecule has 2 rings (SSSR count). The van der Waals surface area contributed by atoms with Gasteiger partial charge in [0.1, 0.15) is 17.1 Å². The Morgan fingerprint density at radius 2 is 2.29 bits per heavy atom. The maximum absolute atomic E-state index is 13.5. The van der Waals surface area contributed by atoms with Crippen LogP contribution in [0.25, 0.3) is 0 Å². The predicted octanol–water partition coefficient (Wildman–Crippen LogP) is 0.986. The summed E-state index contributed by atoms with van der Waals surface area (Å²) >= 11 is 0. The third-order valence-corrected chi connectivity index (χ3v) is 3.04. The van der Waals surface area contributed by atoms with Crippen LogP contribution in [0.1, 0.15) is 16.8 Å². The van der Waals surface area contributed by atoms with Crippen LogP contribution in [0.5, 0.6) is 5.75 Å². The van der Waals surface area contributed by atoms with E-state index in [1.165, 1.54) is 17.0 Å². The highest BCUT2D eigenvalue weighted by Crippen LogP contribution is 2.25. The van der Waals surface area contributed by atoms with Crippen molar-refractivity contribution in [3.05, 3.63) is 29.6 Å². The number of aliphatic hydroxyl groups is 1. The summed E-state index contributed by atoms with van der Waals surface area (Å²) in [7, 11) is 0. The first-order valence-corrected chi connectivity index (χ1v) is 5.51.